The Morgan fingerprint density at radius 2 is 1.95 bits per heavy atom. The second-order valence-corrected chi connectivity index (χ2v) is 5.81. The minimum Gasteiger partial charge on any atom is -0.464 e. The molecule has 1 aromatic heterocycles. The van der Waals surface area contributed by atoms with Crippen LogP contribution in [0.2, 0.25) is 0 Å². The van der Waals surface area contributed by atoms with Crippen molar-refractivity contribution in [2.24, 2.45) is 0 Å². The van der Waals surface area contributed by atoms with Gasteiger partial charge in [-0.25, -0.2) is 0 Å². The van der Waals surface area contributed by atoms with Gasteiger partial charge in [-0.15, -0.1) is 0 Å². The van der Waals surface area contributed by atoms with E-state index < -0.39 is 0 Å². The maximum atomic E-state index is 9.40. The van der Waals surface area contributed by atoms with Gasteiger partial charge in [-0.2, -0.15) is 0 Å². The largest absolute Gasteiger partial charge is 0.464 e. The Bertz CT molecular complexity index is 569. The van der Waals surface area contributed by atoms with Gasteiger partial charge in [-0.1, -0.05) is 25.1 Å². The molecule has 3 rings (SSSR count). The number of benzene rings is 1. The molecule has 2 aromatic rings. The van der Waals surface area contributed by atoms with Gasteiger partial charge in [-0.3, -0.25) is 9.80 Å². The number of aliphatic hydroxyl groups is 1. The third-order valence-electron chi connectivity index (χ3n) is 4.56. The van der Waals surface area contributed by atoms with Crippen LogP contribution in [0.15, 0.2) is 34.9 Å². The number of fused-ring (bicyclic) bond motifs is 1. The second-order valence-electron chi connectivity index (χ2n) is 5.81. The van der Waals surface area contributed by atoms with Crippen LogP contribution in [0.25, 0.3) is 11.0 Å². The van der Waals surface area contributed by atoms with Gasteiger partial charge in [0.2, 0.25) is 0 Å². The number of piperazine rings is 1. The molecule has 0 radical (unpaired) electrons. The predicted molar refractivity (Wildman–Crippen MR) is 84.2 cm³/mol. The number of rotatable bonds is 5. The summed E-state index contributed by atoms with van der Waals surface area (Å²) in [5.74, 6) is 0. The molecule has 4 nitrogen and oxygen atoms in total. The molecule has 0 bridgehead atoms. The molecule has 0 aliphatic carbocycles. The first-order chi connectivity index (χ1) is 10.3. The molecule has 1 fully saturated rings. The van der Waals surface area contributed by atoms with E-state index >= 15 is 0 Å². The molecule has 0 amide bonds. The molecule has 0 saturated carbocycles. The fraction of sp³-hybridized carbons (Fsp3) is 0.529. The van der Waals surface area contributed by atoms with Gasteiger partial charge in [0.15, 0.2) is 0 Å². The molecule has 1 atom stereocenters. The number of para-hydroxylation sites is 1. The molecule has 1 N–H and O–H groups in total. The van der Waals surface area contributed by atoms with Crippen molar-refractivity contribution in [2.45, 2.75) is 25.9 Å². The fourth-order valence-corrected chi connectivity index (χ4v) is 3.19. The first-order valence-corrected chi connectivity index (χ1v) is 7.84. The Kier molecular flexibility index (Phi) is 4.58. The van der Waals surface area contributed by atoms with Crippen LogP contribution in [0.5, 0.6) is 0 Å². The second kappa shape index (κ2) is 6.60. The molecule has 2 heterocycles. The van der Waals surface area contributed by atoms with Crippen molar-refractivity contribution >= 4 is 11.0 Å². The summed E-state index contributed by atoms with van der Waals surface area (Å²) in [6.45, 7) is 7.53. The molecule has 21 heavy (non-hydrogen) atoms. The number of aliphatic hydroxyl groups excluding tert-OH is 1. The van der Waals surface area contributed by atoms with Crippen molar-refractivity contribution in [1.82, 2.24) is 9.80 Å². The average molecular weight is 288 g/mol. The van der Waals surface area contributed by atoms with Crippen LogP contribution in [0.1, 0.15) is 18.9 Å². The minimum atomic E-state index is 0.267. The average Bonchev–Trinajstić information content (AvgIpc) is 2.93. The lowest BCUT2D eigenvalue weighted by molar-refractivity contribution is 0.0609. The molecule has 1 saturated heterocycles. The van der Waals surface area contributed by atoms with Crippen LogP contribution in [0.4, 0.5) is 0 Å². The molecule has 1 aromatic carbocycles. The maximum Gasteiger partial charge on any atom is 0.134 e. The molecule has 1 aliphatic rings. The lowest BCUT2D eigenvalue weighted by atomic mass is 10.1. The van der Waals surface area contributed by atoms with E-state index in [1.807, 2.05) is 18.4 Å². The molecule has 0 spiro atoms. The highest BCUT2D eigenvalue weighted by Gasteiger charge is 2.22. The Hall–Kier alpha value is -1.36. The van der Waals surface area contributed by atoms with Gasteiger partial charge >= 0.3 is 0 Å². The van der Waals surface area contributed by atoms with Crippen LogP contribution < -0.4 is 0 Å². The standard InChI is InChI=1S/C17H24N2O2/c1-2-15(12-20)19-9-7-18(8-10-19)11-14-13-21-17-6-4-3-5-16(14)17/h3-6,13,15,20H,2,7-12H2,1H3. The third-order valence-corrected chi connectivity index (χ3v) is 4.56. The van der Waals surface area contributed by atoms with Crippen molar-refractivity contribution in [3.63, 3.8) is 0 Å². The topological polar surface area (TPSA) is 39.9 Å². The minimum absolute atomic E-state index is 0.267. The van der Waals surface area contributed by atoms with E-state index in [4.69, 9.17) is 4.42 Å². The van der Waals surface area contributed by atoms with Crippen molar-refractivity contribution < 1.29 is 9.52 Å². The summed E-state index contributed by atoms with van der Waals surface area (Å²) >= 11 is 0. The van der Waals surface area contributed by atoms with E-state index in [-0.39, 0.29) is 6.61 Å². The first-order valence-electron chi connectivity index (χ1n) is 7.84. The van der Waals surface area contributed by atoms with E-state index in [1.165, 1.54) is 10.9 Å². The monoisotopic (exact) mass is 288 g/mol. The summed E-state index contributed by atoms with van der Waals surface area (Å²) in [6, 6.07) is 8.54. The fourth-order valence-electron chi connectivity index (χ4n) is 3.19. The molecule has 1 unspecified atom stereocenters. The van der Waals surface area contributed by atoms with Crippen molar-refractivity contribution in [1.29, 1.82) is 0 Å². The summed E-state index contributed by atoms with van der Waals surface area (Å²) < 4.78 is 5.61. The molecule has 4 heteroatoms. The third kappa shape index (κ3) is 3.12. The van der Waals surface area contributed by atoms with Crippen molar-refractivity contribution in [3.05, 3.63) is 36.1 Å². The highest BCUT2D eigenvalue weighted by Crippen LogP contribution is 2.22. The summed E-state index contributed by atoms with van der Waals surface area (Å²) in [7, 11) is 0. The maximum absolute atomic E-state index is 9.40. The van der Waals surface area contributed by atoms with Gasteiger partial charge in [0, 0.05) is 49.7 Å². The van der Waals surface area contributed by atoms with E-state index in [0.29, 0.717) is 6.04 Å². The van der Waals surface area contributed by atoms with Crippen LogP contribution in [0.3, 0.4) is 0 Å². The number of hydrogen-bond donors (Lipinski definition) is 1. The predicted octanol–water partition coefficient (Wildman–Crippen LogP) is 2.32. The van der Waals surface area contributed by atoms with Gasteiger partial charge in [0.25, 0.3) is 0 Å². The summed E-state index contributed by atoms with van der Waals surface area (Å²) in [4.78, 5) is 4.88. The van der Waals surface area contributed by atoms with Crippen LogP contribution in [0, 0.1) is 0 Å². The summed E-state index contributed by atoms with van der Waals surface area (Å²) in [5, 5.41) is 10.6. The summed E-state index contributed by atoms with van der Waals surface area (Å²) in [5.41, 5.74) is 2.24. The Morgan fingerprint density at radius 1 is 1.19 bits per heavy atom. The zero-order valence-corrected chi connectivity index (χ0v) is 12.7. The van der Waals surface area contributed by atoms with Gasteiger partial charge < -0.3 is 9.52 Å². The first kappa shape index (κ1) is 14.6. The zero-order valence-electron chi connectivity index (χ0n) is 12.7. The van der Waals surface area contributed by atoms with Crippen LogP contribution >= 0.6 is 0 Å². The highest BCUT2D eigenvalue weighted by molar-refractivity contribution is 5.80. The summed E-state index contributed by atoms with van der Waals surface area (Å²) in [6.07, 6.45) is 2.91. The number of furan rings is 1. The van der Waals surface area contributed by atoms with Gasteiger partial charge in [-0.05, 0) is 12.5 Å². The lowest BCUT2D eigenvalue weighted by Gasteiger charge is -2.38. The van der Waals surface area contributed by atoms with Crippen molar-refractivity contribution in [3.8, 4) is 0 Å². The molecule has 1 aliphatic heterocycles. The van der Waals surface area contributed by atoms with Crippen molar-refractivity contribution in [2.75, 3.05) is 32.8 Å². The Morgan fingerprint density at radius 3 is 2.67 bits per heavy atom. The highest BCUT2D eigenvalue weighted by atomic mass is 16.3. The normalized spacial score (nSPS) is 19.1. The number of nitrogens with zero attached hydrogens (tertiary/aromatic N) is 2. The van der Waals surface area contributed by atoms with E-state index in [0.717, 1.165) is 44.7 Å². The Labute approximate surface area is 125 Å². The smallest absolute Gasteiger partial charge is 0.134 e. The SMILES string of the molecule is CCC(CO)N1CCN(Cc2coc3ccccc23)CC1. The molecule has 114 valence electrons. The molecular weight excluding hydrogens is 264 g/mol. The Balaban J connectivity index is 1.60. The number of hydrogen-bond acceptors (Lipinski definition) is 4. The van der Waals surface area contributed by atoms with Crippen LogP contribution in [-0.2, 0) is 6.54 Å². The lowest BCUT2D eigenvalue weighted by Crippen LogP contribution is -2.50. The van der Waals surface area contributed by atoms with Gasteiger partial charge in [0.05, 0.1) is 12.9 Å². The zero-order chi connectivity index (χ0) is 14.7. The van der Waals surface area contributed by atoms with Crippen LogP contribution in [-0.4, -0.2) is 53.7 Å². The van der Waals surface area contributed by atoms with E-state index in [9.17, 15) is 5.11 Å². The van der Waals surface area contributed by atoms with Gasteiger partial charge in [0.1, 0.15) is 5.58 Å². The molecular formula is C17H24N2O2. The van der Waals surface area contributed by atoms with E-state index in [1.54, 1.807) is 0 Å². The van der Waals surface area contributed by atoms with E-state index in [2.05, 4.69) is 28.9 Å². The quantitative estimate of drug-likeness (QED) is 0.916.